The first-order valence-corrected chi connectivity index (χ1v) is 9.67. The second kappa shape index (κ2) is 7.53. The van der Waals surface area contributed by atoms with Gasteiger partial charge in [-0.05, 0) is 62.4 Å². The number of sulfonamides is 1. The molecule has 0 fully saturated rings. The largest absolute Gasteiger partial charge is 0.326 e. The second-order valence-corrected chi connectivity index (χ2v) is 8.71. The third kappa shape index (κ3) is 5.02. The van der Waals surface area contributed by atoms with Crippen molar-refractivity contribution in [1.29, 1.82) is 0 Å². The molecule has 0 spiro atoms. The van der Waals surface area contributed by atoms with Crippen molar-refractivity contribution in [3.05, 3.63) is 53.0 Å². The quantitative estimate of drug-likeness (QED) is 0.724. The van der Waals surface area contributed by atoms with Crippen LogP contribution in [0, 0.1) is 5.41 Å². The molecule has 0 aliphatic rings. The first-order chi connectivity index (χ1) is 11.6. The summed E-state index contributed by atoms with van der Waals surface area (Å²) in [4.78, 5) is 12.1. The molecule has 2 N–H and O–H groups in total. The average Bonchev–Trinajstić information content (AvgIpc) is 2.56. The van der Waals surface area contributed by atoms with Crippen molar-refractivity contribution in [2.75, 3.05) is 16.7 Å². The van der Waals surface area contributed by atoms with Gasteiger partial charge in [-0.1, -0.05) is 15.9 Å². The van der Waals surface area contributed by atoms with Crippen LogP contribution in [0.4, 0.5) is 15.8 Å². The molecule has 0 saturated carbocycles. The fourth-order valence-corrected chi connectivity index (χ4v) is 3.13. The van der Waals surface area contributed by atoms with E-state index in [1.54, 1.807) is 24.3 Å². The highest BCUT2D eigenvalue weighted by atomic mass is 79.9. The molecule has 25 heavy (non-hydrogen) atoms. The first kappa shape index (κ1) is 19.4. The molecule has 0 bridgehead atoms. The number of nitrogens with one attached hydrogen (secondary N) is 2. The Morgan fingerprint density at radius 1 is 1.04 bits per heavy atom. The number of benzene rings is 2. The molecule has 134 valence electrons. The lowest BCUT2D eigenvalue weighted by atomic mass is 9.94. The smallest absolute Gasteiger partial charge is 0.261 e. The van der Waals surface area contributed by atoms with Crippen LogP contribution < -0.4 is 10.0 Å². The molecule has 0 aliphatic carbocycles. The summed E-state index contributed by atoms with van der Waals surface area (Å²) in [6, 6.07) is 12.4. The lowest BCUT2D eigenvalue weighted by Crippen LogP contribution is -2.32. The molecule has 2 aromatic carbocycles. The molecular weight excluding hydrogens is 411 g/mol. The zero-order valence-electron chi connectivity index (χ0n) is 13.7. The Morgan fingerprint density at radius 3 is 2.08 bits per heavy atom. The Hall–Kier alpha value is -1.93. The van der Waals surface area contributed by atoms with Crippen molar-refractivity contribution >= 4 is 43.2 Å². The summed E-state index contributed by atoms with van der Waals surface area (Å²) in [6.07, 6.45) is 0. The minimum Gasteiger partial charge on any atom is -0.326 e. The summed E-state index contributed by atoms with van der Waals surface area (Å²) < 4.78 is 40.7. The standard InChI is InChI=1S/C17H18BrFN2O3S/c1-17(2,11-19)16(22)20-13-5-7-14(8-6-13)21-25(23,24)15-9-3-12(18)4-10-15/h3-10,21H,11H2,1-2H3,(H,20,22). The molecule has 2 rings (SSSR count). The second-order valence-electron chi connectivity index (χ2n) is 6.11. The number of carbonyl (C=O) groups excluding carboxylic acids is 1. The number of carbonyl (C=O) groups is 1. The van der Waals surface area contributed by atoms with Crippen LogP contribution in [-0.4, -0.2) is 21.0 Å². The van der Waals surface area contributed by atoms with E-state index in [4.69, 9.17) is 0 Å². The van der Waals surface area contributed by atoms with Gasteiger partial charge < -0.3 is 5.32 Å². The maximum atomic E-state index is 12.8. The number of hydrogen-bond acceptors (Lipinski definition) is 3. The van der Waals surface area contributed by atoms with Gasteiger partial charge in [0.15, 0.2) is 0 Å². The van der Waals surface area contributed by atoms with Gasteiger partial charge in [-0.3, -0.25) is 9.52 Å². The normalized spacial score (nSPS) is 11.8. The van der Waals surface area contributed by atoms with Crippen molar-refractivity contribution < 1.29 is 17.6 Å². The van der Waals surface area contributed by atoms with Crippen molar-refractivity contribution in [1.82, 2.24) is 0 Å². The predicted molar refractivity (Wildman–Crippen MR) is 99.8 cm³/mol. The highest BCUT2D eigenvalue weighted by Crippen LogP contribution is 2.22. The Kier molecular flexibility index (Phi) is 5.84. The highest BCUT2D eigenvalue weighted by Gasteiger charge is 2.27. The van der Waals surface area contributed by atoms with Gasteiger partial charge in [-0.2, -0.15) is 0 Å². The van der Waals surface area contributed by atoms with Gasteiger partial charge in [-0.25, -0.2) is 12.8 Å². The van der Waals surface area contributed by atoms with E-state index in [-0.39, 0.29) is 4.90 Å². The van der Waals surface area contributed by atoms with E-state index in [0.29, 0.717) is 11.4 Å². The number of anilines is 2. The van der Waals surface area contributed by atoms with E-state index in [9.17, 15) is 17.6 Å². The minimum atomic E-state index is -3.70. The first-order valence-electron chi connectivity index (χ1n) is 7.40. The lowest BCUT2D eigenvalue weighted by Gasteiger charge is -2.19. The zero-order chi connectivity index (χ0) is 18.7. The van der Waals surface area contributed by atoms with Gasteiger partial charge >= 0.3 is 0 Å². The number of rotatable bonds is 6. The summed E-state index contributed by atoms with van der Waals surface area (Å²) in [6.45, 7) is 2.23. The number of hydrogen-bond donors (Lipinski definition) is 2. The van der Waals surface area contributed by atoms with E-state index in [0.717, 1.165) is 4.47 Å². The van der Waals surface area contributed by atoms with Crippen molar-refractivity contribution in [2.24, 2.45) is 5.41 Å². The summed E-state index contributed by atoms with van der Waals surface area (Å²) >= 11 is 3.25. The monoisotopic (exact) mass is 428 g/mol. The van der Waals surface area contributed by atoms with Crippen molar-refractivity contribution in [3.8, 4) is 0 Å². The van der Waals surface area contributed by atoms with Gasteiger partial charge in [0, 0.05) is 15.8 Å². The summed E-state index contributed by atoms with van der Waals surface area (Å²) in [7, 11) is -3.70. The molecule has 0 saturated heterocycles. The van der Waals surface area contributed by atoms with Gasteiger partial charge in [0.1, 0.15) is 6.67 Å². The van der Waals surface area contributed by atoms with Crippen LogP contribution in [0.25, 0.3) is 0 Å². The van der Waals surface area contributed by atoms with Crippen LogP contribution in [0.3, 0.4) is 0 Å². The Balaban J connectivity index is 2.10. The van der Waals surface area contributed by atoms with Crippen LogP contribution in [0.1, 0.15) is 13.8 Å². The average molecular weight is 429 g/mol. The van der Waals surface area contributed by atoms with Gasteiger partial charge in [0.05, 0.1) is 10.3 Å². The fraction of sp³-hybridized carbons (Fsp3) is 0.235. The van der Waals surface area contributed by atoms with Crippen LogP contribution in [0.15, 0.2) is 57.9 Å². The Bertz CT molecular complexity index is 850. The van der Waals surface area contributed by atoms with Crippen LogP contribution >= 0.6 is 15.9 Å². The number of halogens is 2. The highest BCUT2D eigenvalue weighted by molar-refractivity contribution is 9.10. The van der Waals surface area contributed by atoms with Crippen LogP contribution in [0.5, 0.6) is 0 Å². The third-order valence-corrected chi connectivity index (χ3v) is 5.39. The van der Waals surface area contributed by atoms with Gasteiger partial charge in [0.2, 0.25) is 5.91 Å². The summed E-state index contributed by atoms with van der Waals surface area (Å²) in [5.74, 6) is -0.446. The van der Waals surface area contributed by atoms with Crippen LogP contribution in [0.2, 0.25) is 0 Å². The number of alkyl halides is 1. The molecule has 5 nitrogen and oxygen atoms in total. The fourth-order valence-electron chi connectivity index (χ4n) is 1.81. The van der Waals surface area contributed by atoms with E-state index in [1.165, 1.54) is 38.1 Å². The molecule has 0 radical (unpaired) electrons. The Morgan fingerprint density at radius 2 is 1.56 bits per heavy atom. The maximum Gasteiger partial charge on any atom is 0.261 e. The van der Waals surface area contributed by atoms with Crippen molar-refractivity contribution in [3.63, 3.8) is 0 Å². The number of amides is 1. The molecule has 0 aliphatic heterocycles. The van der Waals surface area contributed by atoms with E-state index < -0.39 is 28.0 Å². The molecule has 1 amide bonds. The Labute approximate surface area is 154 Å². The predicted octanol–water partition coefficient (Wildman–Crippen LogP) is 4.18. The van der Waals surface area contributed by atoms with Crippen molar-refractivity contribution in [2.45, 2.75) is 18.7 Å². The molecule has 0 atom stereocenters. The molecular formula is C17H18BrFN2O3S. The molecule has 0 unspecified atom stereocenters. The zero-order valence-corrected chi connectivity index (χ0v) is 16.1. The lowest BCUT2D eigenvalue weighted by molar-refractivity contribution is -0.124. The molecule has 2 aromatic rings. The molecule has 0 heterocycles. The van der Waals surface area contributed by atoms with E-state index in [1.807, 2.05) is 0 Å². The SMILES string of the molecule is CC(C)(CF)C(=O)Nc1ccc(NS(=O)(=O)c2ccc(Br)cc2)cc1. The van der Waals surface area contributed by atoms with E-state index >= 15 is 0 Å². The molecule has 0 aromatic heterocycles. The topological polar surface area (TPSA) is 75.3 Å². The maximum absolute atomic E-state index is 12.8. The third-order valence-electron chi connectivity index (χ3n) is 3.47. The van der Waals surface area contributed by atoms with E-state index in [2.05, 4.69) is 26.0 Å². The van der Waals surface area contributed by atoms with Gasteiger partial charge in [-0.15, -0.1) is 0 Å². The molecule has 8 heteroatoms. The van der Waals surface area contributed by atoms with Gasteiger partial charge in [0.25, 0.3) is 10.0 Å². The van der Waals surface area contributed by atoms with Crippen LogP contribution in [-0.2, 0) is 14.8 Å². The summed E-state index contributed by atoms with van der Waals surface area (Å²) in [5.41, 5.74) is -0.314. The minimum absolute atomic E-state index is 0.137. The summed E-state index contributed by atoms with van der Waals surface area (Å²) in [5, 5.41) is 2.60.